The van der Waals surface area contributed by atoms with E-state index in [9.17, 15) is 13.9 Å². The smallest absolute Gasteiger partial charge is 0.161 e. The van der Waals surface area contributed by atoms with E-state index in [1.807, 2.05) is 12.2 Å². The highest BCUT2D eigenvalue weighted by Crippen LogP contribution is 2.27. The van der Waals surface area contributed by atoms with Crippen LogP contribution in [0.5, 0.6) is 11.5 Å². The van der Waals surface area contributed by atoms with Crippen molar-refractivity contribution in [1.82, 2.24) is 10.2 Å². The Bertz CT molecular complexity index is 978. The monoisotopic (exact) mass is 354 g/mol. The van der Waals surface area contributed by atoms with E-state index in [0.29, 0.717) is 11.4 Å². The molecule has 0 aliphatic rings. The first-order valence-electron chi connectivity index (χ1n) is 7.79. The van der Waals surface area contributed by atoms with Crippen LogP contribution in [-0.4, -0.2) is 22.4 Å². The number of benzene rings is 2. The highest BCUT2D eigenvalue weighted by molar-refractivity contribution is 5.72. The third-order valence-corrected chi connectivity index (χ3v) is 3.67. The van der Waals surface area contributed by atoms with Crippen molar-refractivity contribution in [2.24, 2.45) is 0 Å². The molecule has 0 spiro atoms. The van der Waals surface area contributed by atoms with Crippen LogP contribution in [0.3, 0.4) is 0 Å². The van der Waals surface area contributed by atoms with Gasteiger partial charge in [0.25, 0.3) is 0 Å². The fourth-order valence-corrected chi connectivity index (χ4v) is 2.32. The summed E-state index contributed by atoms with van der Waals surface area (Å²) in [5.41, 5.74) is 2.48. The van der Waals surface area contributed by atoms with Gasteiger partial charge in [-0.05, 0) is 54.1 Å². The fraction of sp³-hybridized carbons (Fsp3) is 0.0500. The van der Waals surface area contributed by atoms with Crippen LogP contribution in [0.15, 0.2) is 42.5 Å². The number of aromatic nitrogens is 2. The number of aromatic hydroxyl groups is 1. The van der Waals surface area contributed by atoms with Crippen LogP contribution in [0.4, 0.5) is 8.78 Å². The molecule has 0 bridgehead atoms. The molecule has 0 saturated carbocycles. The molecule has 1 aromatic heterocycles. The second-order valence-electron chi connectivity index (χ2n) is 5.51. The maximum Gasteiger partial charge on any atom is 0.161 e. The van der Waals surface area contributed by atoms with Crippen molar-refractivity contribution in [3.63, 3.8) is 0 Å². The van der Waals surface area contributed by atoms with Crippen molar-refractivity contribution in [3.05, 3.63) is 76.6 Å². The third-order valence-electron chi connectivity index (χ3n) is 3.67. The average molecular weight is 354 g/mol. The number of phenolic OH excluding ortho intramolecular Hbond substituents is 1. The average Bonchev–Trinajstić information content (AvgIpc) is 3.08. The normalized spacial score (nSPS) is 11.5. The zero-order chi connectivity index (χ0) is 18.5. The molecule has 0 aliphatic carbocycles. The molecule has 0 unspecified atom stereocenters. The van der Waals surface area contributed by atoms with Crippen molar-refractivity contribution in [1.29, 1.82) is 0 Å². The molecule has 0 amide bonds. The first-order chi connectivity index (χ1) is 12.5. The van der Waals surface area contributed by atoms with E-state index in [2.05, 4.69) is 10.2 Å². The van der Waals surface area contributed by atoms with Crippen LogP contribution in [0, 0.1) is 11.6 Å². The van der Waals surface area contributed by atoms with Crippen molar-refractivity contribution in [2.75, 3.05) is 7.11 Å². The Morgan fingerprint density at radius 2 is 1.85 bits per heavy atom. The van der Waals surface area contributed by atoms with E-state index in [0.717, 1.165) is 17.3 Å². The van der Waals surface area contributed by atoms with Crippen molar-refractivity contribution >= 4 is 24.3 Å². The lowest BCUT2D eigenvalue weighted by atomic mass is 10.1. The first kappa shape index (κ1) is 17.4. The summed E-state index contributed by atoms with van der Waals surface area (Å²) in [5, 5.41) is 16.6. The van der Waals surface area contributed by atoms with Gasteiger partial charge < -0.3 is 9.84 Å². The van der Waals surface area contributed by atoms with Gasteiger partial charge in [-0.1, -0.05) is 12.1 Å². The molecule has 0 saturated heterocycles. The molecule has 2 aromatic carbocycles. The molecular formula is C20H16F2N2O2. The Morgan fingerprint density at radius 3 is 2.62 bits per heavy atom. The summed E-state index contributed by atoms with van der Waals surface area (Å²) < 4.78 is 31.6. The van der Waals surface area contributed by atoms with Crippen LogP contribution >= 0.6 is 0 Å². The lowest BCUT2D eigenvalue weighted by molar-refractivity contribution is 0.373. The SMILES string of the molecule is COc1cc(C=Cc2cc(C=Cc3ccc(F)cc3F)n[nH]2)ccc1O. The van der Waals surface area contributed by atoms with Crippen LogP contribution < -0.4 is 4.74 Å². The van der Waals surface area contributed by atoms with Gasteiger partial charge in [-0.25, -0.2) is 8.78 Å². The lowest BCUT2D eigenvalue weighted by Crippen LogP contribution is -1.84. The number of nitrogens with one attached hydrogen (secondary N) is 1. The molecule has 2 N–H and O–H groups in total. The van der Waals surface area contributed by atoms with Gasteiger partial charge in [0.1, 0.15) is 11.6 Å². The van der Waals surface area contributed by atoms with Gasteiger partial charge in [-0.15, -0.1) is 0 Å². The standard InChI is InChI=1S/C20H16F2N2O2/c1-26-20-10-13(3-9-19(20)25)2-7-16-12-17(24-23-16)8-5-14-4-6-15(21)11-18(14)22/h2-12,25H,1H3,(H,23,24). The van der Waals surface area contributed by atoms with Gasteiger partial charge in [-0.3, -0.25) is 5.10 Å². The van der Waals surface area contributed by atoms with Gasteiger partial charge in [0.15, 0.2) is 11.5 Å². The number of methoxy groups -OCH3 is 1. The number of hydrogen-bond donors (Lipinski definition) is 2. The zero-order valence-corrected chi connectivity index (χ0v) is 13.9. The largest absolute Gasteiger partial charge is 0.504 e. The fourth-order valence-electron chi connectivity index (χ4n) is 2.32. The van der Waals surface area contributed by atoms with Gasteiger partial charge in [0, 0.05) is 11.6 Å². The predicted octanol–water partition coefficient (Wildman–Crippen LogP) is 4.74. The van der Waals surface area contributed by atoms with E-state index >= 15 is 0 Å². The minimum Gasteiger partial charge on any atom is -0.504 e. The second kappa shape index (κ2) is 7.65. The summed E-state index contributed by atoms with van der Waals surface area (Å²) in [4.78, 5) is 0. The number of phenols is 1. The maximum atomic E-state index is 13.6. The Balaban J connectivity index is 1.72. The van der Waals surface area contributed by atoms with E-state index in [1.54, 1.807) is 30.3 Å². The number of hydrogen-bond acceptors (Lipinski definition) is 3. The third kappa shape index (κ3) is 4.16. The number of aromatic amines is 1. The Morgan fingerprint density at radius 1 is 1.00 bits per heavy atom. The van der Waals surface area contributed by atoms with Gasteiger partial charge >= 0.3 is 0 Å². The molecule has 0 fully saturated rings. The molecule has 3 rings (SSSR count). The second-order valence-corrected chi connectivity index (χ2v) is 5.51. The Labute approximate surface area is 149 Å². The topological polar surface area (TPSA) is 58.1 Å². The summed E-state index contributed by atoms with van der Waals surface area (Å²) in [7, 11) is 1.49. The zero-order valence-electron chi connectivity index (χ0n) is 13.9. The van der Waals surface area contributed by atoms with E-state index < -0.39 is 11.6 Å². The number of ether oxygens (including phenoxy) is 1. The molecule has 6 heteroatoms. The highest BCUT2D eigenvalue weighted by Gasteiger charge is 2.02. The van der Waals surface area contributed by atoms with Crippen molar-refractivity contribution in [2.45, 2.75) is 0 Å². The molecule has 0 radical (unpaired) electrons. The molecule has 1 heterocycles. The Kier molecular flexibility index (Phi) is 5.12. The van der Waals surface area contributed by atoms with Crippen molar-refractivity contribution < 1.29 is 18.6 Å². The molecule has 0 aliphatic heterocycles. The maximum absolute atomic E-state index is 13.6. The summed E-state index contributed by atoms with van der Waals surface area (Å²) in [6.45, 7) is 0. The van der Waals surface area contributed by atoms with E-state index in [4.69, 9.17) is 4.74 Å². The summed E-state index contributed by atoms with van der Waals surface area (Å²) >= 11 is 0. The van der Waals surface area contributed by atoms with Crippen LogP contribution in [0.2, 0.25) is 0 Å². The first-order valence-corrected chi connectivity index (χ1v) is 7.79. The predicted molar refractivity (Wildman–Crippen MR) is 97.5 cm³/mol. The lowest BCUT2D eigenvalue weighted by Gasteiger charge is -2.03. The number of H-pyrrole nitrogens is 1. The van der Waals surface area contributed by atoms with Crippen LogP contribution in [0.1, 0.15) is 22.5 Å². The summed E-state index contributed by atoms with van der Waals surface area (Å²) in [6, 6.07) is 10.2. The molecule has 3 aromatic rings. The minimum atomic E-state index is -0.627. The van der Waals surface area contributed by atoms with Gasteiger partial charge in [0.05, 0.1) is 18.5 Å². The number of halogens is 2. The van der Waals surface area contributed by atoms with Crippen molar-refractivity contribution in [3.8, 4) is 11.5 Å². The molecule has 0 atom stereocenters. The minimum absolute atomic E-state index is 0.0756. The summed E-state index contributed by atoms with van der Waals surface area (Å²) in [5.74, 6) is -0.774. The highest BCUT2D eigenvalue weighted by atomic mass is 19.1. The molecule has 132 valence electrons. The molecule has 26 heavy (non-hydrogen) atoms. The van der Waals surface area contributed by atoms with Crippen LogP contribution in [-0.2, 0) is 0 Å². The van der Waals surface area contributed by atoms with E-state index in [1.165, 1.54) is 25.3 Å². The quantitative estimate of drug-likeness (QED) is 0.696. The van der Waals surface area contributed by atoms with E-state index in [-0.39, 0.29) is 11.3 Å². The Hall–Kier alpha value is -3.41. The van der Waals surface area contributed by atoms with Gasteiger partial charge in [-0.2, -0.15) is 5.10 Å². The van der Waals surface area contributed by atoms with Crippen LogP contribution in [0.25, 0.3) is 24.3 Å². The van der Waals surface area contributed by atoms with Gasteiger partial charge in [0.2, 0.25) is 0 Å². The number of nitrogens with zero attached hydrogens (tertiary/aromatic N) is 1. The summed E-state index contributed by atoms with van der Waals surface area (Å²) in [6.07, 6.45) is 6.81. The molecule has 4 nitrogen and oxygen atoms in total. The number of rotatable bonds is 5. The molecular weight excluding hydrogens is 338 g/mol.